The van der Waals surface area contributed by atoms with E-state index in [2.05, 4.69) is 5.32 Å². The molecule has 25 heavy (non-hydrogen) atoms. The average Bonchev–Trinajstić information content (AvgIpc) is 2.60. The first-order chi connectivity index (χ1) is 11.9. The number of carbonyl (C=O) groups excluding carboxylic acids is 2. The van der Waals surface area contributed by atoms with Crippen molar-refractivity contribution < 1.29 is 23.5 Å². The van der Waals surface area contributed by atoms with Crippen LogP contribution in [0.5, 0.6) is 11.5 Å². The van der Waals surface area contributed by atoms with Crippen molar-refractivity contribution in [1.82, 2.24) is 5.32 Å². The van der Waals surface area contributed by atoms with Gasteiger partial charge < -0.3 is 20.5 Å². The van der Waals surface area contributed by atoms with Gasteiger partial charge in [0.2, 0.25) is 0 Å². The van der Waals surface area contributed by atoms with Gasteiger partial charge >= 0.3 is 0 Å². The molecular formula is C18H19FN2O4. The van der Waals surface area contributed by atoms with Crippen LogP contribution >= 0.6 is 0 Å². The van der Waals surface area contributed by atoms with Crippen LogP contribution in [-0.4, -0.2) is 25.5 Å². The van der Waals surface area contributed by atoms with Gasteiger partial charge in [-0.25, -0.2) is 4.39 Å². The summed E-state index contributed by atoms with van der Waals surface area (Å²) in [5.74, 6) is -0.806. The maximum atomic E-state index is 13.8. The van der Waals surface area contributed by atoms with E-state index in [1.54, 1.807) is 37.3 Å². The van der Waals surface area contributed by atoms with Crippen LogP contribution in [0.15, 0.2) is 42.5 Å². The lowest BCUT2D eigenvalue weighted by Gasteiger charge is -2.15. The van der Waals surface area contributed by atoms with Crippen LogP contribution in [0.1, 0.15) is 28.9 Å². The van der Waals surface area contributed by atoms with Crippen LogP contribution in [-0.2, 0) is 4.79 Å². The van der Waals surface area contributed by atoms with Crippen LogP contribution in [0.3, 0.4) is 0 Å². The third-order valence-electron chi connectivity index (χ3n) is 3.52. The molecule has 0 aliphatic heterocycles. The Labute approximate surface area is 144 Å². The zero-order chi connectivity index (χ0) is 18.4. The van der Waals surface area contributed by atoms with E-state index in [0.29, 0.717) is 16.9 Å². The molecule has 0 saturated heterocycles. The van der Waals surface area contributed by atoms with E-state index in [9.17, 15) is 14.0 Å². The number of ether oxygens (including phenoxy) is 2. The van der Waals surface area contributed by atoms with Crippen molar-refractivity contribution in [2.24, 2.45) is 5.73 Å². The van der Waals surface area contributed by atoms with Gasteiger partial charge in [-0.15, -0.1) is 0 Å². The first-order valence-electron chi connectivity index (χ1n) is 7.56. The Morgan fingerprint density at radius 1 is 1.20 bits per heavy atom. The van der Waals surface area contributed by atoms with Crippen molar-refractivity contribution in [3.8, 4) is 11.5 Å². The number of rotatable bonds is 7. The number of hydrogen-bond acceptors (Lipinski definition) is 4. The maximum Gasteiger partial charge on any atom is 0.255 e. The number of carbonyl (C=O) groups is 2. The van der Waals surface area contributed by atoms with Gasteiger partial charge in [-0.1, -0.05) is 6.07 Å². The monoisotopic (exact) mass is 346 g/mol. The summed E-state index contributed by atoms with van der Waals surface area (Å²) < 4.78 is 23.8. The van der Waals surface area contributed by atoms with Crippen molar-refractivity contribution in [1.29, 1.82) is 0 Å². The highest BCUT2D eigenvalue weighted by atomic mass is 19.1. The number of hydrogen-bond donors (Lipinski definition) is 2. The highest BCUT2D eigenvalue weighted by Gasteiger charge is 2.14. The third-order valence-corrected chi connectivity index (χ3v) is 3.52. The van der Waals surface area contributed by atoms with Crippen LogP contribution in [0.2, 0.25) is 0 Å². The first kappa shape index (κ1) is 18.3. The molecule has 0 spiro atoms. The van der Waals surface area contributed by atoms with Crippen molar-refractivity contribution in [2.45, 2.75) is 13.0 Å². The first-order valence-corrected chi connectivity index (χ1v) is 7.56. The Balaban J connectivity index is 2.01. The molecule has 7 heteroatoms. The van der Waals surface area contributed by atoms with Gasteiger partial charge in [0, 0.05) is 5.56 Å². The molecule has 0 fully saturated rings. The normalized spacial score (nSPS) is 11.5. The molecule has 2 aromatic carbocycles. The second-order valence-electron chi connectivity index (χ2n) is 5.37. The van der Waals surface area contributed by atoms with Crippen molar-refractivity contribution in [2.75, 3.05) is 13.7 Å². The van der Waals surface area contributed by atoms with E-state index in [1.807, 2.05) is 0 Å². The second-order valence-corrected chi connectivity index (χ2v) is 5.37. The van der Waals surface area contributed by atoms with Crippen LogP contribution < -0.4 is 20.5 Å². The molecule has 2 aromatic rings. The Morgan fingerprint density at radius 3 is 2.44 bits per heavy atom. The molecule has 0 aliphatic carbocycles. The van der Waals surface area contributed by atoms with E-state index in [1.165, 1.54) is 19.2 Å². The zero-order valence-electron chi connectivity index (χ0n) is 13.9. The molecule has 1 atom stereocenters. The van der Waals surface area contributed by atoms with Crippen LogP contribution in [0, 0.1) is 5.82 Å². The Bertz CT molecular complexity index is 762. The standard InChI is InChI=1S/C18H19FN2O4/c1-11(13-5-8-16(24-2)15(19)9-13)21-18(23)12-3-6-14(7-4-12)25-10-17(20)22/h3-9,11H,10H2,1-2H3,(H2,20,22)(H,21,23). The number of nitrogens with one attached hydrogen (secondary N) is 1. The van der Waals surface area contributed by atoms with Gasteiger partial charge in [0.1, 0.15) is 5.75 Å². The number of halogens is 1. The van der Waals surface area contributed by atoms with E-state index < -0.39 is 17.8 Å². The van der Waals surface area contributed by atoms with Gasteiger partial charge in [0.25, 0.3) is 11.8 Å². The molecule has 3 N–H and O–H groups in total. The molecule has 0 bridgehead atoms. The van der Waals surface area contributed by atoms with Gasteiger partial charge in [0.05, 0.1) is 13.2 Å². The molecule has 0 heterocycles. The topological polar surface area (TPSA) is 90.7 Å². The highest BCUT2D eigenvalue weighted by molar-refractivity contribution is 5.94. The number of primary amides is 1. The van der Waals surface area contributed by atoms with Gasteiger partial charge in [-0.05, 0) is 48.9 Å². The molecule has 2 rings (SSSR count). The summed E-state index contributed by atoms with van der Waals surface area (Å²) >= 11 is 0. The van der Waals surface area contributed by atoms with Crippen molar-refractivity contribution >= 4 is 11.8 Å². The molecule has 2 amide bonds. The fourth-order valence-corrected chi connectivity index (χ4v) is 2.17. The van der Waals surface area contributed by atoms with E-state index >= 15 is 0 Å². The summed E-state index contributed by atoms with van der Waals surface area (Å²) in [6.07, 6.45) is 0. The second kappa shape index (κ2) is 8.14. The van der Waals surface area contributed by atoms with Crippen LogP contribution in [0.4, 0.5) is 4.39 Å². The van der Waals surface area contributed by atoms with Gasteiger partial charge in [-0.2, -0.15) is 0 Å². The predicted octanol–water partition coefficient (Wildman–Crippen LogP) is 2.19. The molecule has 0 aromatic heterocycles. The summed E-state index contributed by atoms with van der Waals surface area (Å²) in [5, 5.41) is 2.79. The van der Waals surface area contributed by atoms with Crippen LogP contribution in [0.25, 0.3) is 0 Å². The van der Waals surface area contributed by atoms with E-state index in [4.69, 9.17) is 15.2 Å². The minimum absolute atomic E-state index is 0.147. The van der Waals surface area contributed by atoms with Gasteiger partial charge in [0.15, 0.2) is 18.2 Å². The van der Waals surface area contributed by atoms with Crippen molar-refractivity contribution in [3.05, 3.63) is 59.4 Å². The largest absolute Gasteiger partial charge is 0.494 e. The van der Waals surface area contributed by atoms with Crippen molar-refractivity contribution in [3.63, 3.8) is 0 Å². The van der Waals surface area contributed by atoms with E-state index in [-0.39, 0.29) is 18.3 Å². The minimum Gasteiger partial charge on any atom is -0.494 e. The maximum absolute atomic E-state index is 13.8. The quantitative estimate of drug-likeness (QED) is 0.804. The zero-order valence-corrected chi connectivity index (χ0v) is 13.9. The molecular weight excluding hydrogens is 327 g/mol. The number of benzene rings is 2. The summed E-state index contributed by atoms with van der Waals surface area (Å²) in [6.45, 7) is 1.52. The Morgan fingerprint density at radius 2 is 1.88 bits per heavy atom. The average molecular weight is 346 g/mol. The lowest BCUT2D eigenvalue weighted by Crippen LogP contribution is -2.26. The molecule has 1 unspecified atom stereocenters. The molecule has 6 nitrogen and oxygen atoms in total. The fraction of sp³-hybridized carbons (Fsp3) is 0.222. The third kappa shape index (κ3) is 4.94. The van der Waals surface area contributed by atoms with E-state index in [0.717, 1.165) is 0 Å². The predicted molar refractivity (Wildman–Crippen MR) is 90.0 cm³/mol. The number of methoxy groups -OCH3 is 1. The Kier molecular flexibility index (Phi) is 5.94. The van der Waals surface area contributed by atoms with Gasteiger partial charge in [-0.3, -0.25) is 9.59 Å². The number of amides is 2. The minimum atomic E-state index is -0.581. The summed E-state index contributed by atoms with van der Waals surface area (Å²) in [4.78, 5) is 22.9. The molecule has 0 aliphatic rings. The summed E-state index contributed by atoms with van der Waals surface area (Å²) in [6, 6.07) is 10.4. The molecule has 0 saturated carbocycles. The molecule has 0 radical (unpaired) electrons. The fourth-order valence-electron chi connectivity index (χ4n) is 2.17. The Hall–Kier alpha value is -3.09. The smallest absolute Gasteiger partial charge is 0.255 e. The summed E-state index contributed by atoms with van der Waals surface area (Å²) in [7, 11) is 1.39. The lowest BCUT2D eigenvalue weighted by molar-refractivity contribution is -0.119. The summed E-state index contributed by atoms with van der Waals surface area (Å²) in [5.41, 5.74) is 6.02. The molecule has 132 valence electrons. The highest BCUT2D eigenvalue weighted by Crippen LogP contribution is 2.22. The SMILES string of the molecule is COc1ccc(C(C)NC(=O)c2ccc(OCC(N)=O)cc2)cc1F. The number of nitrogens with two attached hydrogens (primary N) is 1. The lowest BCUT2D eigenvalue weighted by atomic mass is 10.1.